The van der Waals surface area contributed by atoms with Crippen LogP contribution in [0.2, 0.25) is 0 Å². The lowest BCUT2D eigenvalue weighted by Gasteiger charge is -2.30. The van der Waals surface area contributed by atoms with Crippen LogP contribution in [0.4, 0.5) is 0 Å². The zero-order valence-corrected chi connectivity index (χ0v) is 10.7. The van der Waals surface area contributed by atoms with E-state index in [9.17, 15) is 4.79 Å². The summed E-state index contributed by atoms with van der Waals surface area (Å²) in [5.41, 5.74) is 3.41. The highest BCUT2D eigenvalue weighted by Crippen LogP contribution is 2.36. The molecular formula is C15H16N2O. The van der Waals surface area contributed by atoms with Gasteiger partial charge in [-0.3, -0.25) is 9.13 Å². The quantitative estimate of drug-likeness (QED) is 0.701. The van der Waals surface area contributed by atoms with Crippen LogP contribution in [0.1, 0.15) is 25.8 Å². The molecule has 3 nitrogen and oxygen atoms in total. The minimum absolute atomic E-state index is 0.0194. The van der Waals surface area contributed by atoms with Gasteiger partial charge >= 0.3 is 5.69 Å². The molecule has 0 bridgehead atoms. The smallest absolute Gasteiger partial charge is 0.292 e. The molecule has 1 aromatic carbocycles. The van der Waals surface area contributed by atoms with E-state index in [0.717, 1.165) is 24.0 Å². The van der Waals surface area contributed by atoms with Crippen molar-refractivity contribution in [3.8, 4) is 12.3 Å². The summed E-state index contributed by atoms with van der Waals surface area (Å²) in [6, 6.07) is 6.12. The van der Waals surface area contributed by atoms with Gasteiger partial charge in [-0.2, -0.15) is 0 Å². The maximum atomic E-state index is 12.3. The molecule has 0 aliphatic carbocycles. The minimum Gasteiger partial charge on any atom is -0.292 e. The Morgan fingerprint density at radius 1 is 1.44 bits per heavy atom. The Kier molecular flexibility index (Phi) is 2.18. The van der Waals surface area contributed by atoms with Crippen LogP contribution in [-0.4, -0.2) is 9.13 Å². The van der Waals surface area contributed by atoms with Crippen LogP contribution in [0.25, 0.3) is 11.0 Å². The first kappa shape index (κ1) is 11.2. The van der Waals surface area contributed by atoms with Gasteiger partial charge < -0.3 is 0 Å². The van der Waals surface area contributed by atoms with E-state index in [4.69, 9.17) is 6.42 Å². The second kappa shape index (κ2) is 3.52. The summed E-state index contributed by atoms with van der Waals surface area (Å²) in [5.74, 6) is 2.56. The second-order valence-electron chi connectivity index (χ2n) is 5.53. The number of para-hydroxylation sites is 1. The lowest BCUT2D eigenvalue weighted by molar-refractivity contribution is 0.417. The molecule has 3 rings (SSSR count). The van der Waals surface area contributed by atoms with Crippen molar-refractivity contribution in [1.29, 1.82) is 0 Å². The molecule has 0 radical (unpaired) electrons. The molecule has 0 atom stereocenters. The number of terminal acetylenes is 1. The van der Waals surface area contributed by atoms with Gasteiger partial charge in [0.2, 0.25) is 0 Å². The van der Waals surface area contributed by atoms with Gasteiger partial charge in [-0.15, -0.1) is 6.42 Å². The Hall–Kier alpha value is -1.95. The van der Waals surface area contributed by atoms with Crippen LogP contribution in [-0.2, 0) is 18.5 Å². The summed E-state index contributed by atoms with van der Waals surface area (Å²) in [5, 5.41) is 0. The fourth-order valence-corrected chi connectivity index (χ4v) is 2.90. The van der Waals surface area contributed by atoms with Crippen molar-refractivity contribution in [2.45, 2.75) is 38.8 Å². The van der Waals surface area contributed by atoms with Gasteiger partial charge in [-0.25, -0.2) is 4.79 Å². The van der Waals surface area contributed by atoms with Crippen LogP contribution in [0.15, 0.2) is 23.0 Å². The molecule has 0 fully saturated rings. The van der Waals surface area contributed by atoms with Crippen molar-refractivity contribution in [1.82, 2.24) is 9.13 Å². The topological polar surface area (TPSA) is 26.9 Å². The van der Waals surface area contributed by atoms with Crippen LogP contribution >= 0.6 is 0 Å². The lowest BCUT2D eigenvalue weighted by Crippen LogP contribution is -2.31. The van der Waals surface area contributed by atoms with Crippen LogP contribution < -0.4 is 5.69 Å². The van der Waals surface area contributed by atoms with E-state index in [0.29, 0.717) is 6.54 Å². The number of hydrogen-bond acceptors (Lipinski definition) is 1. The second-order valence-corrected chi connectivity index (χ2v) is 5.53. The molecule has 0 unspecified atom stereocenters. The molecule has 18 heavy (non-hydrogen) atoms. The van der Waals surface area contributed by atoms with Crippen molar-refractivity contribution in [2.75, 3.05) is 0 Å². The van der Waals surface area contributed by atoms with Crippen molar-refractivity contribution in [3.05, 3.63) is 34.2 Å². The lowest BCUT2D eigenvalue weighted by atomic mass is 9.79. The van der Waals surface area contributed by atoms with Crippen molar-refractivity contribution < 1.29 is 0 Å². The number of nitrogens with zero attached hydrogens (tertiary/aromatic N) is 2. The molecule has 0 spiro atoms. The molecule has 0 saturated carbocycles. The summed E-state index contributed by atoms with van der Waals surface area (Å²) in [7, 11) is 0. The molecule has 2 aromatic rings. The highest BCUT2D eigenvalue weighted by Gasteiger charge is 2.30. The van der Waals surface area contributed by atoms with E-state index >= 15 is 0 Å². The van der Waals surface area contributed by atoms with Gasteiger partial charge in [0.1, 0.15) is 0 Å². The largest absolute Gasteiger partial charge is 0.329 e. The third-order valence-electron chi connectivity index (χ3n) is 3.98. The maximum Gasteiger partial charge on any atom is 0.329 e. The van der Waals surface area contributed by atoms with Crippen molar-refractivity contribution in [2.24, 2.45) is 0 Å². The van der Waals surface area contributed by atoms with E-state index in [-0.39, 0.29) is 11.1 Å². The molecule has 0 amide bonds. The molecule has 1 aliphatic rings. The van der Waals surface area contributed by atoms with E-state index in [2.05, 4.69) is 25.8 Å². The highest BCUT2D eigenvalue weighted by molar-refractivity contribution is 5.81. The molecule has 0 N–H and O–H groups in total. The van der Waals surface area contributed by atoms with Crippen LogP contribution in [0.5, 0.6) is 0 Å². The first-order chi connectivity index (χ1) is 8.56. The Morgan fingerprint density at radius 2 is 2.22 bits per heavy atom. The Balaban J connectivity index is 2.47. The predicted octanol–water partition coefficient (Wildman–Crippen LogP) is 2.12. The monoisotopic (exact) mass is 240 g/mol. The van der Waals surface area contributed by atoms with E-state index < -0.39 is 0 Å². The number of aromatic nitrogens is 2. The van der Waals surface area contributed by atoms with Gasteiger partial charge in [-0.05, 0) is 23.5 Å². The van der Waals surface area contributed by atoms with Crippen molar-refractivity contribution >= 4 is 11.0 Å². The Labute approximate surface area is 106 Å². The average Bonchev–Trinajstić information content (AvgIpc) is 2.60. The minimum atomic E-state index is 0.0194. The van der Waals surface area contributed by atoms with E-state index in [1.807, 2.05) is 16.7 Å². The predicted molar refractivity (Wildman–Crippen MR) is 72.7 cm³/mol. The molecule has 1 aromatic heterocycles. The first-order valence-electron chi connectivity index (χ1n) is 6.22. The fraction of sp³-hybridized carbons (Fsp3) is 0.400. The average molecular weight is 240 g/mol. The number of aryl methyl sites for hydroxylation is 1. The SMILES string of the molecule is C#CCn1c(=O)n2c3c(cccc31)C(C)(C)CC2. The van der Waals surface area contributed by atoms with Gasteiger partial charge in [0.05, 0.1) is 17.6 Å². The number of imidazole rings is 1. The normalized spacial score (nSPS) is 16.7. The molecule has 0 saturated heterocycles. The molecule has 3 heteroatoms. The Bertz CT molecular complexity index is 725. The highest BCUT2D eigenvalue weighted by atomic mass is 16.1. The zero-order valence-electron chi connectivity index (χ0n) is 10.7. The summed E-state index contributed by atoms with van der Waals surface area (Å²) < 4.78 is 3.56. The van der Waals surface area contributed by atoms with Gasteiger partial charge in [0.15, 0.2) is 0 Å². The molecule has 2 heterocycles. The maximum absolute atomic E-state index is 12.3. The van der Waals surface area contributed by atoms with Gasteiger partial charge in [-0.1, -0.05) is 31.9 Å². The first-order valence-corrected chi connectivity index (χ1v) is 6.22. The zero-order chi connectivity index (χ0) is 12.9. The van der Waals surface area contributed by atoms with Crippen LogP contribution in [0.3, 0.4) is 0 Å². The molecule has 1 aliphatic heterocycles. The number of hydrogen-bond donors (Lipinski definition) is 0. The summed E-state index contributed by atoms with van der Waals surface area (Å²) in [4.78, 5) is 12.3. The third-order valence-corrected chi connectivity index (χ3v) is 3.98. The van der Waals surface area contributed by atoms with Gasteiger partial charge in [0, 0.05) is 6.54 Å². The Morgan fingerprint density at radius 3 is 2.94 bits per heavy atom. The van der Waals surface area contributed by atoms with Crippen LogP contribution in [0, 0.1) is 12.3 Å². The molecule has 92 valence electrons. The van der Waals surface area contributed by atoms with E-state index in [1.165, 1.54) is 5.56 Å². The van der Waals surface area contributed by atoms with Gasteiger partial charge in [0.25, 0.3) is 0 Å². The molecular weight excluding hydrogens is 224 g/mol. The summed E-state index contributed by atoms with van der Waals surface area (Å²) in [6.07, 6.45) is 6.34. The van der Waals surface area contributed by atoms with E-state index in [1.54, 1.807) is 4.57 Å². The number of rotatable bonds is 1. The van der Waals surface area contributed by atoms with Crippen molar-refractivity contribution in [3.63, 3.8) is 0 Å². The standard InChI is InChI=1S/C15H16N2O/c1-4-9-16-12-7-5-6-11-13(12)17(14(16)18)10-8-15(11,2)3/h1,5-7H,8-10H2,2-3H3. The summed E-state index contributed by atoms with van der Waals surface area (Å²) in [6.45, 7) is 5.58. The third kappa shape index (κ3) is 1.29. The summed E-state index contributed by atoms with van der Waals surface area (Å²) >= 11 is 0. The number of benzene rings is 1. The fourth-order valence-electron chi connectivity index (χ4n) is 2.90.